The molecule has 0 spiro atoms. The Bertz CT molecular complexity index is 697. The molecule has 0 aliphatic heterocycles. The summed E-state index contributed by atoms with van der Waals surface area (Å²) in [7, 11) is 0. The highest BCUT2D eigenvalue weighted by Gasteiger charge is 2.33. The van der Waals surface area contributed by atoms with Gasteiger partial charge in [-0.3, -0.25) is 9.59 Å². The number of anilines is 2. The third kappa shape index (κ3) is 4.07. The van der Waals surface area contributed by atoms with Gasteiger partial charge < -0.3 is 16.0 Å². The van der Waals surface area contributed by atoms with Gasteiger partial charge in [-0.15, -0.1) is 11.3 Å². The van der Waals surface area contributed by atoms with Crippen LogP contribution < -0.4 is 11.1 Å². The average molecular weight is 330 g/mol. The summed E-state index contributed by atoms with van der Waals surface area (Å²) >= 11 is 1.39. The SMILES string of the molecule is NC(=O)CCN(C(=O)c1csc(Nc2ccccc2)n1)C1CC1. The van der Waals surface area contributed by atoms with E-state index in [1.165, 1.54) is 11.3 Å². The molecule has 0 unspecified atom stereocenters. The minimum atomic E-state index is -0.395. The van der Waals surface area contributed by atoms with E-state index in [0.717, 1.165) is 18.5 Å². The van der Waals surface area contributed by atoms with Crippen LogP contribution in [0.15, 0.2) is 35.7 Å². The van der Waals surface area contributed by atoms with E-state index in [9.17, 15) is 9.59 Å². The molecule has 1 saturated carbocycles. The number of rotatable bonds is 7. The molecule has 0 saturated heterocycles. The Labute approximate surface area is 138 Å². The lowest BCUT2D eigenvalue weighted by molar-refractivity contribution is -0.118. The van der Waals surface area contributed by atoms with Gasteiger partial charge in [-0.1, -0.05) is 18.2 Å². The largest absolute Gasteiger partial charge is 0.370 e. The zero-order valence-corrected chi connectivity index (χ0v) is 13.4. The molecule has 23 heavy (non-hydrogen) atoms. The molecule has 0 atom stereocenters. The van der Waals surface area contributed by atoms with Crippen molar-refractivity contribution < 1.29 is 9.59 Å². The number of nitrogens with one attached hydrogen (secondary N) is 1. The zero-order chi connectivity index (χ0) is 16.2. The molecule has 2 amide bonds. The zero-order valence-electron chi connectivity index (χ0n) is 12.6. The van der Waals surface area contributed by atoms with E-state index >= 15 is 0 Å². The van der Waals surface area contributed by atoms with Crippen LogP contribution in [0.1, 0.15) is 29.8 Å². The Morgan fingerprint density at radius 2 is 2.04 bits per heavy atom. The maximum absolute atomic E-state index is 12.6. The van der Waals surface area contributed by atoms with E-state index in [4.69, 9.17) is 5.73 Å². The lowest BCUT2D eigenvalue weighted by Gasteiger charge is -2.20. The van der Waals surface area contributed by atoms with Crippen LogP contribution in [-0.2, 0) is 4.79 Å². The van der Waals surface area contributed by atoms with E-state index in [-0.39, 0.29) is 18.4 Å². The molecule has 7 heteroatoms. The molecule has 120 valence electrons. The molecule has 1 fully saturated rings. The Kier molecular flexibility index (Phi) is 4.57. The minimum absolute atomic E-state index is 0.133. The summed E-state index contributed by atoms with van der Waals surface area (Å²) in [6.07, 6.45) is 2.13. The van der Waals surface area contributed by atoms with E-state index in [0.29, 0.717) is 17.4 Å². The number of hydrogen-bond acceptors (Lipinski definition) is 5. The van der Waals surface area contributed by atoms with Gasteiger partial charge in [-0.2, -0.15) is 0 Å². The summed E-state index contributed by atoms with van der Waals surface area (Å²) in [5.74, 6) is -0.528. The number of primary amides is 1. The first-order valence-corrected chi connectivity index (χ1v) is 8.38. The van der Waals surface area contributed by atoms with Crippen molar-refractivity contribution in [3.8, 4) is 0 Å². The van der Waals surface area contributed by atoms with Gasteiger partial charge >= 0.3 is 0 Å². The van der Waals surface area contributed by atoms with Gasteiger partial charge in [0.15, 0.2) is 5.13 Å². The van der Waals surface area contributed by atoms with Crippen molar-refractivity contribution in [2.75, 3.05) is 11.9 Å². The fourth-order valence-electron chi connectivity index (χ4n) is 2.29. The third-order valence-electron chi connectivity index (χ3n) is 3.60. The Balaban J connectivity index is 1.68. The predicted octanol–water partition coefficient (Wildman–Crippen LogP) is 2.37. The third-order valence-corrected chi connectivity index (χ3v) is 4.35. The van der Waals surface area contributed by atoms with Gasteiger partial charge in [0.25, 0.3) is 5.91 Å². The van der Waals surface area contributed by atoms with Crippen LogP contribution in [0, 0.1) is 0 Å². The molecular formula is C16H18N4O2S. The van der Waals surface area contributed by atoms with Crippen LogP contribution in [0.4, 0.5) is 10.8 Å². The number of benzene rings is 1. The predicted molar refractivity (Wildman–Crippen MR) is 89.7 cm³/mol. The summed E-state index contributed by atoms with van der Waals surface area (Å²) < 4.78 is 0. The van der Waals surface area contributed by atoms with Crippen LogP contribution in [-0.4, -0.2) is 34.3 Å². The number of amides is 2. The summed E-state index contributed by atoms with van der Waals surface area (Å²) in [5.41, 5.74) is 6.52. The number of aromatic nitrogens is 1. The quantitative estimate of drug-likeness (QED) is 0.816. The van der Waals surface area contributed by atoms with Gasteiger partial charge in [0.05, 0.1) is 0 Å². The molecule has 0 bridgehead atoms. The minimum Gasteiger partial charge on any atom is -0.370 e. The lowest BCUT2D eigenvalue weighted by Crippen LogP contribution is -2.36. The van der Waals surface area contributed by atoms with Crippen molar-refractivity contribution in [3.63, 3.8) is 0 Å². The van der Waals surface area contributed by atoms with Crippen LogP contribution in [0.3, 0.4) is 0 Å². The highest BCUT2D eigenvalue weighted by Crippen LogP contribution is 2.29. The normalized spacial score (nSPS) is 13.6. The molecule has 6 nitrogen and oxygen atoms in total. The topological polar surface area (TPSA) is 88.3 Å². The van der Waals surface area contributed by atoms with Crippen LogP contribution in [0.25, 0.3) is 0 Å². The molecule has 0 radical (unpaired) electrons. The summed E-state index contributed by atoms with van der Waals surface area (Å²) in [5, 5.41) is 5.59. The van der Waals surface area contributed by atoms with Gasteiger partial charge in [-0.25, -0.2) is 4.98 Å². The summed E-state index contributed by atoms with van der Waals surface area (Å²) in [6.45, 7) is 0.359. The van der Waals surface area contributed by atoms with Crippen molar-refractivity contribution >= 4 is 34.0 Å². The lowest BCUT2D eigenvalue weighted by atomic mass is 10.3. The first-order valence-electron chi connectivity index (χ1n) is 7.50. The molecule has 3 rings (SSSR count). The van der Waals surface area contributed by atoms with Gasteiger partial charge in [0.2, 0.25) is 5.91 Å². The molecule has 1 aliphatic rings. The molecule has 2 aromatic rings. The Morgan fingerprint density at radius 1 is 1.30 bits per heavy atom. The van der Waals surface area contributed by atoms with E-state index in [2.05, 4.69) is 10.3 Å². The standard InChI is InChI=1S/C16H18N4O2S/c17-14(21)8-9-20(12-6-7-12)15(22)13-10-23-16(19-13)18-11-4-2-1-3-5-11/h1-5,10,12H,6-9H2,(H2,17,21)(H,18,19). The van der Waals surface area contributed by atoms with Crippen LogP contribution in [0.5, 0.6) is 0 Å². The van der Waals surface area contributed by atoms with Crippen LogP contribution >= 0.6 is 11.3 Å². The smallest absolute Gasteiger partial charge is 0.273 e. The van der Waals surface area contributed by atoms with E-state index in [1.54, 1.807) is 10.3 Å². The van der Waals surface area contributed by atoms with Gasteiger partial charge in [0.1, 0.15) is 5.69 Å². The monoisotopic (exact) mass is 330 g/mol. The molecular weight excluding hydrogens is 312 g/mol. The number of carbonyl (C=O) groups excluding carboxylic acids is 2. The van der Waals surface area contributed by atoms with Crippen molar-refractivity contribution in [2.24, 2.45) is 5.73 Å². The number of nitrogens with zero attached hydrogens (tertiary/aromatic N) is 2. The first-order chi connectivity index (χ1) is 11.1. The number of carbonyl (C=O) groups is 2. The molecule has 1 aromatic carbocycles. The second-order valence-electron chi connectivity index (χ2n) is 5.47. The number of hydrogen-bond donors (Lipinski definition) is 2. The Hall–Kier alpha value is -2.41. The average Bonchev–Trinajstić information content (AvgIpc) is 3.27. The molecule has 3 N–H and O–H groups in total. The second kappa shape index (κ2) is 6.78. The molecule has 1 heterocycles. The van der Waals surface area contributed by atoms with Crippen molar-refractivity contribution in [1.82, 2.24) is 9.88 Å². The van der Waals surface area contributed by atoms with Gasteiger partial charge in [0, 0.05) is 30.1 Å². The fraction of sp³-hybridized carbons (Fsp3) is 0.312. The van der Waals surface area contributed by atoms with Crippen LogP contribution in [0.2, 0.25) is 0 Å². The van der Waals surface area contributed by atoms with Crippen molar-refractivity contribution in [1.29, 1.82) is 0 Å². The van der Waals surface area contributed by atoms with E-state index in [1.807, 2.05) is 30.3 Å². The maximum Gasteiger partial charge on any atom is 0.273 e. The highest BCUT2D eigenvalue weighted by molar-refractivity contribution is 7.14. The number of thiazole rings is 1. The van der Waals surface area contributed by atoms with Gasteiger partial charge in [-0.05, 0) is 25.0 Å². The number of para-hydroxylation sites is 1. The van der Waals surface area contributed by atoms with Crippen molar-refractivity contribution in [2.45, 2.75) is 25.3 Å². The first kappa shape index (κ1) is 15.5. The summed E-state index contributed by atoms with van der Waals surface area (Å²) in [6, 6.07) is 9.89. The Morgan fingerprint density at radius 3 is 2.70 bits per heavy atom. The number of nitrogens with two attached hydrogens (primary N) is 1. The van der Waals surface area contributed by atoms with Crippen molar-refractivity contribution in [3.05, 3.63) is 41.4 Å². The molecule has 1 aliphatic carbocycles. The second-order valence-corrected chi connectivity index (χ2v) is 6.33. The maximum atomic E-state index is 12.6. The summed E-state index contributed by atoms with van der Waals surface area (Å²) in [4.78, 5) is 29.6. The molecule has 1 aromatic heterocycles. The fourth-order valence-corrected chi connectivity index (χ4v) is 2.99. The van der Waals surface area contributed by atoms with E-state index < -0.39 is 5.91 Å². The highest BCUT2D eigenvalue weighted by atomic mass is 32.1.